The molecule has 10 heteroatoms. The topological polar surface area (TPSA) is 114 Å². The molecular weight excluding hydrogens is 544 g/mol. The van der Waals surface area contributed by atoms with Crippen molar-refractivity contribution in [2.45, 2.75) is 25.7 Å². The number of fused-ring (bicyclic) bond motifs is 4. The van der Waals surface area contributed by atoms with Crippen molar-refractivity contribution in [1.82, 2.24) is 0 Å². The molecule has 4 aliphatic heterocycles. The summed E-state index contributed by atoms with van der Waals surface area (Å²) in [5.41, 5.74) is 5.94. The van der Waals surface area contributed by atoms with Gasteiger partial charge in [-0.1, -0.05) is 0 Å². The number of hydrogen-bond acceptors (Lipinski definition) is 10. The molecule has 4 aromatic carbocycles. The van der Waals surface area contributed by atoms with Gasteiger partial charge in [-0.2, -0.15) is 0 Å². The van der Waals surface area contributed by atoms with Crippen molar-refractivity contribution >= 4 is 0 Å². The second-order valence-electron chi connectivity index (χ2n) is 10.4. The number of aromatic hydroxyl groups is 2. The van der Waals surface area contributed by atoms with Crippen molar-refractivity contribution in [1.29, 1.82) is 0 Å². The number of ether oxygens (including phenoxy) is 8. The molecule has 8 rings (SSSR count). The van der Waals surface area contributed by atoms with E-state index in [2.05, 4.69) is 0 Å². The SMILES string of the molecule is Oc1cc(CCc2cc3c(cc2-c2cc4c(cc2CCc2cc(O)c5c(c2)OCO5)OCO4)OCO3)cc2c1OCO2. The van der Waals surface area contributed by atoms with E-state index in [1.165, 1.54) is 0 Å². The summed E-state index contributed by atoms with van der Waals surface area (Å²) < 4.78 is 44.7. The van der Waals surface area contributed by atoms with Gasteiger partial charge in [0.25, 0.3) is 0 Å². The molecule has 4 aromatic rings. The van der Waals surface area contributed by atoms with Crippen LogP contribution in [0, 0.1) is 0 Å². The molecule has 0 saturated heterocycles. The zero-order valence-electron chi connectivity index (χ0n) is 22.4. The van der Waals surface area contributed by atoms with E-state index in [1.54, 1.807) is 12.1 Å². The maximum Gasteiger partial charge on any atom is 0.231 e. The Labute approximate surface area is 240 Å². The molecule has 0 aliphatic carbocycles. The molecule has 0 unspecified atom stereocenters. The van der Waals surface area contributed by atoms with Gasteiger partial charge in [0, 0.05) is 0 Å². The van der Waals surface area contributed by atoms with Crippen molar-refractivity contribution in [2.24, 2.45) is 0 Å². The third-order valence-electron chi connectivity index (χ3n) is 7.88. The van der Waals surface area contributed by atoms with E-state index in [0.717, 1.165) is 33.4 Å². The molecule has 0 spiro atoms. The Morgan fingerprint density at radius 3 is 1.24 bits per heavy atom. The third kappa shape index (κ3) is 4.27. The van der Waals surface area contributed by atoms with Gasteiger partial charge in [-0.3, -0.25) is 0 Å². The first-order chi connectivity index (χ1) is 20.6. The Bertz CT molecular complexity index is 1600. The Hall–Kier alpha value is -5.12. The lowest BCUT2D eigenvalue weighted by molar-refractivity contribution is 0.171. The molecule has 214 valence electrons. The smallest absolute Gasteiger partial charge is 0.231 e. The molecule has 42 heavy (non-hydrogen) atoms. The number of rotatable bonds is 7. The number of phenols is 2. The van der Waals surface area contributed by atoms with Gasteiger partial charge in [0.1, 0.15) is 0 Å². The monoisotopic (exact) mass is 570 g/mol. The van der Waals surface area contributed by atoms with E-state index < -0.39 is 0 Å². The zero-order valence-corrected chi connectivity index (χ0v) is 22.4. The average Bonchev–Trinajstić information content (AvgIpc) is 3.80. The van der Waals surface area contributed by atoms with Crippen LogP contribution in [0.4, 0.5) is 0 Å². The molecule has 0 radical (unpaired) electrons. The van der Waals surface area contributed by atoms with Gasteiger partial charge in [-0.05, 0) is 108 Å². The molecule has 0 fully saturated rings. The fourth-order valence-electron chi connectivity index (χ4n) is 5.82. The average molecular weight is 571 g/mol. The highest BCUT2D eigenvalue weighted by Crippen LogP contribution is 2.46. The molecule has 0 aromatic heterocycles. The number of benzene rings is 4. The van der Waals surface area contributed by atoms with Crippen LogP contribution in [-0.2, 0) is 25.7 Å². The van der Waals surface area contributed by atoms with Gasteiger partial charge in [-0.15, -0.1) is 0 Å². The summed E-state index contributed by atoms with van der Waals surface area (Å²) in [6.07, 6.45) is 2.62. The van der Waals surface area contributed by atoms with E-state index in [0.29, 0.717) is 71.7 Å². The molecule has 4 aliphatic rings. The minimum atomic E-state index is 0.0681. The summed E-state index contributed by atoms with van der Waals surface area (Å²) in [5.74, 6) is 4.73. The lowest BCUT2D eigenvalue weighted by Gasteiger charge is -2.17. The third-order valence-corrected chi connectivity index (χ3v) is 7.88. The zero-order chi connectivity index (χ0) is 28.2. The molecular formula is C32H26O10. The maximum atomic E-state index is 10.4. The van der Waals surface area contributed by atoms with E-state index >= 15 is 0 Å². The Morgan fingerprint density at radius 2 is 0.786 bits per heavy atom. The van der Waals surface area contributed by atoms with Gasteiger partial charge in [0.05, 0.1) is 0 Å². The van der Waals surface area contributed by atoms with Gasteiger partial charge in [0.2, 0.25) is 38.7 Å². The van der Waals surface area contributed by atoms with E-state index in [4.69, 9.17) is 37.9 Å². The van der Waals surface area contributed by atoms with Crippen molar-refractivity contribution in [3.05, 3.63) is 70.8 Å². The second-order valence-corrected chi connectivity index (χ2v) is 10.4. The summed E-state index contributed by atoms with van der Waals surface area (Å²) >= 11 is 0. The number of phenolic OH excluding ortho intramolecular Hbond substituents is 2. The summed E-state index contributed by atoms with van der Waals surface area (Å²) in [6, 6.07) is 15.3. The van der Waals surface area contributed by atoms with Crippen molar-refractivity contribution < 1.29 is 48.1 Å². The van der Waals surface area contributed by atoms with Gasteiger partial charge in [0.15, 0.2) is 46.0 Å². The van der Waals surface area contributed by atoms with Crippen LogP contribution in [0.5, 0.6) is 57.5 Å². The van der Waals surface area contributed by atoms with E-state index in [9.17, 15) is 10.2 Å². The van der Waals surface area contributed by atoms with Crippen LogP contribution >= 0.6 is 0 Å². The van der Waals surface area contributed by atoms with Gasteiger partial charge >= 0.3 is 0 Å². The fraction of sp³-hybridized carbons (Fsp3) is 0.250. The number of aryl methyl sites for hydroxylation is 4. The van der Waals surface area contributed by atoms with Crippen LogP contribution < -0.4 is 37.9 Å². The summed E-state index contributed by atoms with van der Waals surface area (Å²) in [5, 5.41) is 20.8. The highest BCUT2D eigenvalue weighted by molar-refractivity contribution is 5.77. The van der Waals surface area contributed by atoms with Crippen LogP contribution in [0.15, 0.2) is 48.5 Å². The summed E-state index contributed by atoms with van der Waals surface area (Å²) in [7, 11) is 0. The molecule has 0 amide bonds. The van der Waals surface area contributed by atoms with Crippen LogP contribution in [0.1, 0.15) is 22.3 Å². The van der Waals surface area contributed by atoms with Crippen LogP contribution in [0.2, 0.25) is 0 Å². The predicted molar refractivity (Wildman–Crippen MR) is 147 cm³/mol. The first-order valence-corrected chi connectivity index (χ1v) is 13.7. The molecule has 4 heterocycles. The van der Waals surface area contributed by atoms with Gasteiger partial charge in [-0.25, -0.2) is 0 Å². The van der Waals surface area contributed by atoms with Crippen molar-refractivity contribution in [3.63, 3.8) is 0 Å². The van der Waals surface area contributed by atoms with Gasteiger partial charge < -0.3 is 48.1 Å². The highest BCUT2D eigenvalue weighted by Gasteiger charge is 2.25. The molecule has 0 saturated carbocycles. The maximum absolute atomic E-state index is 10.4. The minimum absolute atomic E-state index is 0.0681. The number of hydrogen-bond donors (Lipinski definition) is 2. The summed E-state index contributed by atoms with van der Waals surface area (Å²) in [4.78, 5) is 0. The van der Waals surface area contributed by atoms with Crippen molar-refractivity contribution in [2.75, 3.05) is 27.2 Å². The fourth-order valence-corrected chi connectivity index (χ4v) is 5.82. The van der Waals surface area contributed by atoms with E-state index in [-0.39, 0.29) is 38.7 Å². The minimum Gasteiger partial charge on any atom is -0.504 e. The molecule has 2 N–H and O–H groups in total. The largest absolute Gasteiger partial charge is 0.504 e. The Kier molecular flexibility index (Phi) is 5.73. The van der Waals surface area contributed by atoms with Crippen LogP contribution in [0.25, 0.3) is 11.1 Å². The molecule has 10 nitrogen and oxygen atoms in total. The highest BCUT2D eigenvalue weighted by atomic mass is 16.7. The summed E-state index contributed by atoms with van der Waals surface area (Å²) in [6.45, 7) is 0.514. The molecule has 0 atom stereocenters. The van der Waals surface area contributed by atoms with Crippen molar-refractivity contribution in [3.8, 4) is 68.6 Å². The first-order valence-electron chi connectivity index (χ1n) is 13.7. The first kappa shape index (κ1) is 24.7. The lowest BCUT2D eigenvalue weighted by atomic mass is 9.89. The quantitative estimate of drug-likeness (QED) is 0.305. The van der Waals surface area contributed by atoms with Crippen LogP contribution in [-0.4, -0.2) is 37.4 Å². The predicted octanol–water partition coefficient (Wildman–Crippen LogP) is 5.25. The molecule has 0 bridgehead atoms. The Morgan fingerprint density at radius 1 is 0.405 bits per heavy atom. The Balaban J connectivity index is 1.15. The van der Waals surface area contributed by atoms with E-state index in [1.807, 2.05) is 36.4 Å². The second kappa shape index (κ2) is 9.76. The normalized spacial score (nSPS) is 15.0. The standard InChI is InChI=1S/C32H26O10/c33-23-5-17(7-29-31(23)41-15-39-29)1-3-19-9-25-27(37-13-35-25)11-21(19)22-12-28-26(36-14-38-28)10-20(22)4-2-18-6-24(34)32-30(8-18)40-16-42-32/h5-12,33-34H,1-4,13-16H2. The van der Waals surface area contributed by atoms with Crippen LogP contribution in [0.3, 0.4) is 0 Å². The lowest BCUT2D eigenvalue weighted by Crippen LogP contribution is -2.00.